The minimum atomic E-state index is -0.256. The van der Waals surface area contributed by atoms with Crippen molar-refractivity contribution >= 4 is 23.9 Å². The molecule has 184 valence electrons. The van der Waals surface area contributed by atoms with Gasteiger partial charge in [-0.2, -0.15) is 5.10 Å². The summed E-state index contributed by atoms with van der Waals surface area (Å²) >= 11 is 1.30. The number of rotatable bonds is 10. The first kappa shape index (κ1) is 25.0. The smallest absolute Gasteiger partial charge is 0.250 e. The fourth-order valence-electron chi connectivity index (χ4n) is 3.44. The van der Waals surface area contributed by atoms with E-state index in [4.69, 9.17) is 9.47 Å². The zero-order valence-electron chi connectivity index (χ0n) is 20.3. The van der Waals surface area contributed by atoms with E-state index in [1.165, 1.54) is 17.3 Å². The van der Waals surface area contributed by atoms with Crippen LogP contribution in [0.4, 0.5) is 0 Å². The summed E-state index contributed by atoms with van der Waals surface area (Å²) in [6.45, 7) is 4.50. The molecule has 4 rings (SSSR count). The zero-order chi connectivity index (χ0) is 25.3. The second kappa shape index (κ2) is 12.0. The van der Waals surface area contributed by atoms with Crippen LogP contribution < -0.4 is 14.9 Å². The van der Waals surface area contributed by atoms with Gasteiger partial charge in [-0.05, 0) is 49.7 Å². The monoisotopic (exact) mass is 501 g/mol. The van der Waals surface area contributed by atoms with Crippen molar-refractivity contribution in [1.82, 2.24) is 20.2 Å². The van der Waals surface area contributed by atoms with E-state index >= 15 is 0 Å². The number of methoxy groups -OCH3 is 1. The van der Waals surface area contributed by atoms with Crippen LogP contribution in [0.3, 0.4) is 0 Å². The van der Waals surface area contributed by atoms with Crippen LogP contribution in [0.2, 0.25) is 0 Å². The molecule has 0 atom stereocenters. The summed E-state index contributed by atoms with van der Waals surface area (Å²) in [5.41, 5.74) is 6.37. The Labute approximate surface area is 214 Å². The Kier molecular flexibility index (Phi) is 8.36. The molecule has 0 aliphatic heterocycles. The number of hydrazone groups is 1. The molecular formula is C27H27N5O3S. The number of nitrogens with one attached hydrogen (secondary N) is 1. The Hall–Kier alpha value is -4.11. The van der Waals surface area contributed by atoms with Gasteiger partial charge in [0.1, 0.15) is 0 Å². The number of aryl methyl sites for hydroxylation is 1. The van der Waals surface area contributed by atoms with E-state index in [1.54, 1.807) is 19.4 Å². The van der Waals surface area contributed by atoms with Gasteiger partial charge >= 0.3 is 0 Å². The van der Waals surface area contributed by atoms with Gasteiger partial charge in [-0.1, -0.05) is 59.8 Å². The molecule has 0 spiro atoms. The summed E-state index contributed by atoms with van der Waals surface area (Å²) in [4.78, 5) is 12.5. The molecule has 0 fully saturated rings. The molecule has 8 nitrogen and oxygen atoms in total. The number of hydrogen-bond acceptors (Lipinski definition) is 7. The summed E-state index contributed by atoms with van der Waals surface area (Å²) in [7, 11) is 1.58. The highest BCUT2D eigenvalue weighted by atomic mass is 32.2. The van der Waals surface area contributed by atoms with Crippen molar-refractivity contribution in [2.24, 2.45) is 5.10 Å². The van der Waals surface area contributed by atoms with Gasteiger partial charge < -0.3 is 9.47 Å². The zero-order valence-corrected chi connectivity index (χ0v) is 21.2. The normalized spacial score (nSPS) is 11.0. The number of ether oxygens (including phenoxy) is 2. The second-order valence-corrected chi connectivity index (χ2v) is 8.71. The molecule has 9 heteroatoms. The van der Waals surface area contributed by atoms with Gasteiger partial charge in [0.25, 0.3) is 5.91 Å². The third-order valence-electron chi connectivity index (χ3n) is 5.18. The van der Waals surface area contributed by atoms with Crippen LogP contribution in [0.15, 0.2) is 83.1 Å². The molecule has 1 amide bonds. The predicted molar refractivity (Wildman–Crippen MR) is 142 cm³/mol. The lowest BCUT2D eigenvalue weighted by molar-refractivity contribution is -0.118. The maximum absolute atomic E-state index is 12.5. The summed E-state index contributed by atoms with van der Waals surface area (Å²) < 4.78 is 12.8. The van der Waals surface area contributed by atoms with E-state index in [2.05, 4.69) is 20.7 Å². The minimum Gasteiger partial charge on any atom is -0.493 e. The van der Waals surface area contributed by atoms with Crippen molar-refractivity contribution in [2.75, 3.05) is 19.5 Å². The fourth-order valence-corrected chi connectivity index (χ4v) is 4.19. The summed E-state index contributed by atoms with van der Waals surface area (Å²) in [5, 5.41) is 13.5. The Morgan fingerprint density at radius 3 is 2.56 bits per heavy atom. The van der Waals surface area contributed by atoms with Gasteiger partial charge in [0.2, 0.25) is 0 Å². The SMILES string of the molecule is CCOc1ccc(/C=N\NC(=O)CSc2nnc(-c3ccc(C)cc3)n2-c2ccccc2)cc1OC. The number of amides is 1. The van der Waals surface area contributed by atoms with Crippen molar-refractivity contribution in [3.63, 3.8) is 0 Å². The molecule has 1 aromatic heterocycles. The summed E-state index contributed by atoms with van der Waals surface area (Å²) in [5.74, 6) is 1.85. The van der Waals surface area contributed by atoms with Crippen molar-refractivity contribution in [1.29, 1.82) is 0 Å². The highest BCUT2D eigenvalue weighted by molar-refractivity contribution is 7.99. The molecule has 1 N–H and O–H groups in total. The van der Waals surface area contributed by atoms with Crippen LogP contribution in [0, 0.1) is 6.92 Å². The van der Waals surface area contributed by atoms with Crippen LogP contribution in [0.1, 0.15) is 18.1 Å². The lowest BCUT2D eigenvalue weighted by Gasteiger charge is -2.10. The molecule has 0 bridgehead atoms. The molecule has 0 saturated carbocycles. The number of nitrogens with zero attached hydrogens (tertiary/aromatic N) is 4. The summed E-state index contributed by atoms with van der Waals surface area (Å²) in [6.07, 6.45) is 1.56. The van der Waals surface area contributed by atoms with Crippen molar-refractivity contribution in [3.8, 4) is 28.6 Å². The van der Waals surface area contributed by atoms with Gasteiger partial charge in [0, 0.05) is 11.3 Å². The largest absolute Gasteiger partial charge is 0.493 e. The molecule has 0 saturated heterocycles. The topological polar surface area (TPSA) is 90.6 Å². The quantitative estimate of drug-likeness (QED) is 0.189. The minimum absolute atomic E-state index is 0.128. The summed E-state index contributed by atoms with van der Waals surface area (Å²) in [6, 6.07) is 23.4. The van der Waals surface area contributed by atoms with Crippen LogP contribution in [0.5, 0.6) is 11.5 Å². The number of carbonyl (C=O) groups is 1. The highest BCUT2D eigenvalue weighted by Crippen LogP contribution is 2.29. The molecule has 0 aliphatic rings. The standard InChI is InChI=1S/C27H27N5O3S/c1-4-35-23-15-12-20(16-24(23)34-3)17-28-29-25(33)18-36-27-31-30-26(21-13-10-19(2)11-14-21)32(27)22-8-6-5-7-9-22/h5-17H,4,18H2,1-3H3,(H,29,33)/b28-17-. The highest BCUT2D eigenvalue weighted by Gasteiger charge is 2.17. The maximum Gasteiger partial charge on any atom is 0.250 e. The first-order valence-corrected chi connectivity index (χ1v) is 12.4. The number of hydrogen-bond donors (Lipinski definition) is 1. The van der Waals surface area contributed by atoms with Crippen LogP contribution in [0.25, 0.3) is 17.1 Å². The first-order chi connectivity index (χ1) is 17.6. The molecule has 3 aromatic carbocycles. The number of benzene rings is 3. The molecule has 1 heterocycles. The predicted octanol–water partition coefficient (Wildman–Crippen LogP) is 4.89. The Morgan fingerprint density at radius 1 is 1.06 bits per heavy atom. The molecule has 0 radical (unpaired) electrons. The molecular weight excluding hydrogens is 474 g/mol. The second-order valence-electron chi connectivity index (χ2n) is 7.77. The Bertz CT molecular complexity index is 1340. The first-order valence-electron chi connectivity index (χ1n) is 11.4. The Morgan fingerprint density at radius 2 is 1.83 bits per heavy atom. The fraction of sp³-hybridized carbons (Fsp3) is 0.185. The van der Waals surface area contributed by atoms with Crippen LogP contribution >= 0.6 is 11.8 Å². The third kappa shape index (κ3) is 6.11. The average Bonchev–Trinajstić information content (AvgIpc) is 3.33. The molecule has 36 heavy (non-hydrogen) atoms. The number of thioether (sulfide) groups is 1. The lowest BCUT2D eigenvalue weighted by Crippen LogP contribution is -2.20. The van der Waals surface area contributed by atoms with Crippen molar-refractivity contribution < 1.29 is 14.3 Å². The average molecular weight is 502 g/mol. The van der Waals surface area contributed by atoms with Crippen molar-refractivity contribution in [2.45, 2.75) is 19.0 Å². The van der Waals surface area contributed by atoms with E-state index in [1.807, 2.05) is 85.1 Å². The van der Waals surface area contributed by atoms with E-state index < -0.39 is 0 Å². The third-order valence-corrected chi connectivity index (χ3v) is 6.11. The van der Waals surface area contributed by atoms with Crippen LogP contribution in [-0.2, 0) is 4.79 Å². The van der Waals surface area contributed by atoms with Gasteiger partial charge in [0.15, 0.2) is 22.5 Å². The van der Waals surface area contributed by atoms with E-state index in [0.717, 1.165) is 16.8 Å². The Balaban J connectivity index is 1.45. The van der Waals surface area contributed by atoms with Gasteiger partial charge in [0.05, 0.1) is 25.7 Å². The molecule has 0 unspecified atom stereocenters. The van der Waals surface area contributed by atoms with E-state index in [9.17, 15) is 4.79 Å². The number of aromatic nitrogens is 3. The maximum atomic E-state index is 12.5. The number of para-hydroxylation sites is 1. The van der Waals surface area contributed by atoms with Gasteiger partial charge in [-0.15, -0.1) is 10.2 Å². The van der Waals surface area contributed by atoms with Gasteiger partial charge in [-0.3, -0.25) is 9.36 Å². The van der Waals surface area contributed by atoms with E-state index in [0.29, 0.717) is 29.1 Å². The molecule has 4 aromatic rings. The van der Waals surface area contributed by atoms with E-state index in [-0.39, 0.29) is 11.7 Å². The van der Waals surface area contributed by atoms with Gasteiger partial charge in [-0.25, -0.2) is 5.43 Å². The number of carbonyl (C=O) groups excluding carboxylic acids is 1. The molecule has 0 aliphatic carbocycles. The van der Waals surface area contributed by atoms with Crippen LogP contribution in [-0.4, -0.2) is 46.4 Å². The lowest BCUT2D eigenvalue weighted by atomic mass is 10.1. The van der Waals surface area contributed by atoms with Crippen molar-refractivity contribution in [3.05, 3.63) is 83.9 Å².